The number of rotatable bonds is 4. The van der Waals surface area contributed by atoms with Gasteiger partial charge < -0.3 is 5.11 Å². The topological polar surface area (TPSA) is 20.2 Å². The highest BCUT2D eigenvalue weighted by molar-refractivity contribution is 5.48. The largest absolute Gasteiger partial charge is 0.508 e. The zero-order valence-electron chi connectivity index (χ0n) is 15.5. The average molecular weight is 330 g/mol. The molecule has 0 saturated carbocycles. The normalized spacial score (nSPS) is 12.2. The third kappa shape index (κ3) is 3.32. The van der Waals surface area contributed by atoms with Crippen LogP contribution in [-0.4, -0.2) is 5.11 Å². The summed E-state index contributed by atoms with van der Waals surface area (Å²) in [5, 5.41) is 10.4. The van der Waals surface area contributed by atoms with Crippen LogP contribution in [0.2, 0.25) is 0 Å². The van der Waals surface area contributed by atoms with Crippen LogP contribution in [0.15, 0.2) is 78.9 Å². The summed E-state index contributed by atoms with van der Waals surface area (Å²) in [6.45, 7) is 8.82. The second kappa shape index (κ2) is 6.40. The van der Waals surface area contributed by atoms with E-state index >= 15 is 0 Å². The van der Waals surface area contributed by atoms with E-state index in [-0.39, 0.29) is 10.8 Å². The number of phenols is 1. The lowest BCUT2D eigenvalue weighted by atomic mass is 9.73. The molecule has 0 heterocycles. The van der Waals surface area contributed by atoms with Gasteiger partial charge in [0, 0.05) is 10.8 Å². The van der Waals surface area contributed by atoms with Gasteiger partial charge in [0.25, 0.3) is 0 Å². The van der Waals surface area contributed by atoms with E-state index in [1.165, 1.54) is 11.1 Å². The van der Waals surface area contributed by atoms with Gasteiger partial charge in [0.2, 0.25) is 0 Å². The maximum Gasteiger partial charge on any atom is 0.116 e. The Kier molecular flexibility index (Phi) is 4.43. The molecule has 3 aromatic rings. The van der Waals surface area contributed by atoms with Gasteiger partial charge in [-0.1, -0.05) is 94.4 Å². The summed E-state index contributed by atoms with van der Waals surface area (Å²) in [6, 6.07) is 26.9. The SMILES string of the molecule is CC(C)(c1ccccc1)c1cc(O)cc(C(C)(C)c2ccccc2)c1. The molecule has 0 radical (unpaired) electrons. The minimum Gasteiger partial charge on any atom is -0.508 e. The first kappa shape index (κ1) is 17.3. The zero-order valence-corrected chi connectivity index (χ0v) is 15.5. The van der Waals surface area contributed by atoms with Gasteiger partial charge in [0.05, 0.1) is 0 Å². The molecule has 3 rings (SSSR count). The van der Waals surface area contributed by atoms with Crippen molar-refractivity contribution in [3.63, 3.8) is 0 Å². The second-order valence-corrected chi connectivity index (χ2v) is 7.75. The average Bonchev–Trinajstić information content (AvgIpc) is 2.62. The smallest absolute Gasteiger partial charge is 0.116 e. The van der Waals surface area contributed by atoms with Gasteiger partial charge in [-0.2, -0.15) is 0 Å². The molecule has 0 bridgehead atoms. The van der Waals surface area contributed by atoms with Crippen LogP contribution in [0, 0.1) is 0 Å². The standard InChI is InChI=1S/C24H26O/c1-23(2,18-11-7-5-8-12-18)20-15-21(17-22(25)16-20)24(3,4)19-13-9-6-10-14-19/h5-17,25H,1-4H3. The molecule has 3 aromatic carbocycles. The predicted molar refractivity (Wildman–Crippen MR) is 105 cm³/mol. The lowest BCUT2D eigenvalue weighted by Crippen LogP contribution is -2.22. The van der Waals surface area contributed by atoms with Gasteiger partial charge >= 0.3 is 0 Å². The van der Waals surface area contributed by atoms with Crippen molar-refractivity contribution in [2.45, 2.75) is 38.5 Å². The summed E-state index contributed by atoms with van der Waals surface area (Å²) in [5.74, 6) is 0.320. The zero-order chi connectivity index (χ0) is 18.1. The van der Waals surface area contributed by atoms with E-state index in [4.69, 9.17) is 0 Å². The summed E-state index contributed by atoms with van der Waals surface area (Å²) >= 11 is 0. The van der Waals surface area contributed by atoms with Crippen molar-refractivity contribution in [2.75, 3.05) is 0 Å². The molecule has 0 aliphatic carbocycles. The highest BCUT2D eigenvalue weighted by Gasteiger charge is 2.28. The van der Waals surface area contributed by atoms with E-state index in [1.807, 2.05) is 24.3 Å². The summed E-state index contributed by atoms with van der Waals surface area (Å²) in [7, 11) is 0. The van der Waals surface area contributed by atoms with Crippen LogP contribution >= 0.6 is 0 Å². The monoisotopic (exact) mass is 330 g/mol. The lowest BCUT2D eigenvalue weighted by Gasteiger charge is -2.31. The summed E-state index contributed by atoms with van der Waals surface area (Å²) < 4.78 is 0. The molecular weight excluding hydrogens is 304 g/mol. The van der Waals surface area contributed by atoms with Crippen molar-refractivity contribution >= 4 is 0 Å². The number of phenolic OH excluding ortho intramolecular Hbond substituents is 1. The van der Waals surface area contributed by atoms with E-state index < -0.39 is 0 Å². The van der Waals surface area contributed by atoms with Crippen LogP contribution < -0.4 is 0 Å². The Labute approximate surface area is 151 Å². The Bertz CT molecular complexity index is 776. The summed E-state index contributed by atoms with van der Waals surface area (Å²) in [5.41, 5.74) is 4.37. The van der Waals surface area contributed by atoms with Crippen LogP contribution in [-0.2, 0) is 10.8 Å². The van der Waals surface area contributed by atoms with E-state index in [0.717, 1.165) is 11.1 Å². The molecule has 0 aliphatic rings. The number of hydrogen-bond acceptors (Lipinski definition) is 1. The maximum atomic E-state index is 10.4. The second-order valence-electron chi connectivity index (χ2n) is 7.75. The Morgan fingerprint density at radius 1 is 0.520 bits per heavy atom. The van der Waals surface area contributed by atoms with Crippen molar-refractivity contribution in [1.82, 2.24) is 0 Å². The number of hydrogen-bond donors (Lipinski definition) is 1. The van der Waals surface area contributed by atoms with Crippen molar-refractivity contribution < 1.29 is 5.11 Å². The third-order valence-corrected chi connectivity index (χ3v) is 5.35. The van der Waals surface area contributed by atoms with E-state index in [1.54, 1.807) is 0 Å². The first-order valence-electron chi connectivity index (χ1n) is 8.78. The molecule has 1 nitrogen and oxygen atoms in total. The minimum absolute atomic E-state index is 0.179. The highest BCUT2D eigenvalue weighted by atomic mass is 16.3. The highest BCUT2D eigenvalue weighted by Crippen LogP contribution is 2.38. The van der Waals surface area contributed by atoms with Crippen LogP contribution in [0.4, 0.5) is 0 Å². The molecule has 0 fully saturated rings. The third-order valence-electron chi connectivity index (χ3n) is 5.35. The molecule has 0 saturated heterocycles. The van der Waals surface area contributed by atoms with Gasteiger partial charge in [0.1, 0.15) is 5.75 Å². The van der Waals surface area contributed by atoms with Crippen LogP contribution in [0.5, 0.6) is 5.75 Å². The molecule has 0 spiro atoms. The molecule has 0 aromatic heterocycles. The van der Waals surface area contributed by atoms with Crippen LogP contribution in [0.25, 0.3) is 0 Å². The molecule has 25 heavy (non-hydrogen) atoms. The van der Waals surface area contributed by atoms with Crippen LogP contribution in [0.1, 0.15) is 49.9 Å². The first-order chi connectivity index (χ1) is 11.8. The molecule has 0 aliphatic heterocycles. The predicted octanol–water partition coefficient (Wildman–Crippen LogP) is 6.04. The number of aromatic hydroxyl groups is 1. The Morgan fingerprint density at radius 3 is 1.24 bits per heavy atom. The summed E-state index contributed by atoms with van der Waals surface area (Å²) in [6.07, 6.45) is 0. The van der Waals surface area contributed by atoms with Gasteiger partial charge in [-0.15, -0.1) is 0 Å². The minimum atomic E-state index is -0.179. The van der Waals surface area contributed by atoms with Gasteiger partial charge in [-0.25, -0.2) is 0 Å². The van der Waals surface area contributed by atoms with Gasteiger partial charge in [-0.3, -0.25) is 0 Å². The van der Waals surface area contributed by atoms with Crippen molar-refractivity contribution in [3.05, 3.63) is 101 Å². The Morgan fingerprint density at radius 2 is 0.880 bits per heavy atom. The lowest BCUT2D eigenvalue weighted by molar-refractivity contribution is 0.469. The van der Waals surface area contributed by atoms with E-state index in [9.17, 15) is 5.11 Å². The molecular formula is C24H26O. The molecule has 0 unspecified atom stereocenters. The Hall–Kier alpha value is -2.54. The molecule has 128 valence electrons. The van der Waals surface area contributed by atoms with Gasteiger partial charge in [-0.05, 0) is 34.4 Å². The fourth-order valence-electron chi connectivity index (χ4n) is 3.38. The molecule has 0 amide bonds. The van der Waals surface area contributed by atoms with Crippen molar-refractivity contribution in [3.8, 4) is 5.75 Å². The first-order valence-corrected chi connectivity index (χ1v) is 8.78. The maximum absolute atomic E-state index is 10.4. The van der Waals surface area contributed by atoms with Gasteiger partial charge in [0.15, 0.2) is 0 Å². The number of benzene rings is 3. The van der Waals surface area contributed by atoms with Crippen molar-refractivity contribution in [1.29, 1.82) is 0 Å². The van der Waals surface area contributed by atoms with Crippen molar-refractivity contribution in [2.24, 2.45) is 0 Å². The fourth-order valence-corrected chi connectivity index (χ4v) is 3.38. The summed E-state index contributed by atoms with van der Waals surface area (Å²) in [4.78, 5) is 0. The molecule has 1 N–H and O–H groups in total. The fraction of sp³-hybridized carbons (Fsp3) is 0.250. The molecule has 1 heteroatoms. The quantitative estimate of drug-likeness (QED) is 0.618. The molecule has 0 atom stereocenters. The Balaban J connectivity index is 2.10. The van der Waals surface area contributed by atoms with E-state index in [0.29, 0.717) is 5.75 Å². The van der Waals surface area contributed by atoms with E-state index in [2.05, 4.69) is 82.3 Å². The van der Waals surface area contributed by atoms with Crippen LogP contribution in [0.3, 0.4) is 0 Å².